The van der Waals surface area contributed by atoms with Crippen molar-refractivity contribution in [3.8, 4) is 11.5 Å². The van der Waals surface area contributed by atoms with Crippen LogP contribution in [0.3, 0.4) is 0 Å². The van der Waals surface area contributed by atoms with Crippen LogP contribution in [0, 0.1) is 5.92 Å². The molecule has 3 atom stereocenters. The van der Waals surface area contributed by atoms with Crippen molar-refractivity contribution in [2.75, 3.05) is 27.4 Å². The van der Waals surface area contributed by atoms with E-state index in [0.717, 1.165) is 5.56 Å². The van der Waals surface area contributed by atoms with E-state index >= 15 is 0 Å². The fourth-order valence-corrected chi connectivity index (χ4v) is 5.42. The second-order valence-corrected chi connectivity index (χ2v) is 9.13. The van der Waals surface area contributed by atoms with Crippen LogP contribution in [0.15, 0.2) is 71.1 Å². The second kappa shape index (κ2) is 11.5. The van der Waals surface area contributed by atoms with Gasteiger partial charge in [-0.15, -0.1) is 0 Å². The number of rotatable bonds is 8. The van der Waals surface area contributed by atoms with Crippen LogP contribution in [0.5, 0.6) is 11.5 Å². The van der Waals surface area contributed by atoms with Crippen LogP contribution in [0.25, 0.3) is 0 Å². The molecule has 0 amide bonds. The zero-order valence-electron chi connectivity index (χ0n) is 22.3. The fourth-order valence-electron chi connectivity index (χ4n) is 5.42. The normalized spacial score (nSPS) is 20.9. The van der Waals surface area contributed by atoms with Crippen LogP contribution in [0.2, 0.25) is 0 Å². The smallest absolute Gasteiger partial charge is 0.336 e. The Labute approximate surface area is 222 Å². The molecule has 1 heterocycles. The van der Waals surface area contributed by atoms with Gasteiger partial charge < -0.3 is 24.3 Å². The minimum Gasteiger partial charge on any atom is -0.497 e. The second-order valence-electron chi connectivity index (χ2n) is 9.13. The summed E-state index contributed by atoms with van der Waals surface area (Å²) in [4.78, 5) is 41.0. The van der Waals surface area contributed by atoms with E-state index in [-0.39, 0.29) is 13.2 Å². The van der Waals surface area contributed by atoms with E-state index in [2.05, 4.69) is 5.32 Å². The molecule has 0 saturated heterocycles. The number of ketones is 1. The Balaban J connectivity index is 1.93. The Bertz CT molecular complexity index is 1310. The van der Waals surface area contributed by atoms with Crippen molar-refractivity contribution in [3.63, 3.8) is 0 Å². The summed E-state index contributed by atoms with van der Waals surface area (Å²) in [7, 11) is 3.11. The molecule has 1 aliphatic heterocycles. The van der Waals surface area contributed by atoms with Crippen LogP contribution in [0.1, 0.15) is 50.2 Å². The highest BCUT2D eigenvalue weighted by molar-refractivity contribution is 6.13. The standard InChI is InChI=1S/C30H33NO7/c1-6-37-29(33)24-17(3)31-22-16-21(18-11-10-12-19(15-18)35-4)26(30(34)38-7-2)28(32)27(22)25(24)20-13-8-9-14-23(20)36-5/h8-15,21,25-26,31H,6-7,16H2,1-5H3/t21-,25+,26-/m1/s1. The van der Waals surface area contributed by atoms with Gasteiger partial charge in [0.05, 0.1) is 38.9 Å². The van der Waals surface area contributed by atoms with E-state index in [9.17, 15) is 14.4 Å². The maximum Gasteiger partial charge on any atom is 0.336 e. The van der Waals surface area contributed by atoms with Gasteiger partial charge in [0.25, 0.3) is 0 Å². The Morgan fingerprint density at radius 1 is 0.974 bits per heavy atom. The number of allylic oxidation sites excluding steroid dienone is 3. The molecule has 0 saturated carbocycles. The lowest BCUT2D eigenvalue weighted by molar-refractivity contribution is -0.152. The third kappa shape index (κ3) is 4.90. The quantitative estimate of drug-likeness (QED) is 0.404. The molecule has 0 bridgehead atoms. The van der Waals surface area contributed by atoms with Gasteiger partial charge in [0.2, 0.25) is 0 Å². The maximum atomic E-state index is 14.4. The molecule has 0 radical (unpaired) electrons. The Morgan fingerprint density at radius 3 is 2.39 bits per heavy atom. The number of carbonyl (C=O) groups is 3. The molecule has 8 heteroatoms. The summed E-state index contributed by atoms with van der Waals surface area (Å²) < 4.78 is 21.8. The number of nitrogens with one attached hydrogen (secondary N) is 1. The highest BCUT2D eigenvalue weighted by Crippen LogP contribution is 2.49. The van der Waals surface area contributed by atoms with Gasteiger partial charge >= 0.3 is 11.9 Å². The summed E-state index contributed by atoms with van der Waals surface area (Å²) in [6, 6.07) is 14.6. The largest absolute Gasteiger partial charge is 0.497 e. The minimum absolute atomic E-state index is 0.140. The first kappa shape index (κ1) is 27.0. The molecular weight excluding hydrogens is 486 g/mol. The molecule has 2 aromatic carbocycles. The summed E-state index contributed by atoms with van der Waals surface area (Å²) >= 11 is 0. The van der Waals surface area contributed by atoms with Crippen molar-refractivity contribution in [2.24, 2.45) is 5.92 Å². The number of benzene rings is 2. The molecule has 38 heavy (non-hydrogen) atoms. The summed E-state index contributed by atoms with van der Waals surface area (Å²) in [5.41, 5.74) is 3.33. The Hall–Kier alpha value is -4.07. The van der Waals surface area contributed by atoms with Gasteiger partial charge in [0, 0.05) is 28.4 Å². The number of para-hydroxylation sites is 1. The first-order valence-electron chi connectivity index (χ1n) is 12.7. The monoisotopic (exact) mass is 519 g/mol. The van der Waals surface area contributed by atoms with Crippen LogP contribution in [0.4, 0.5) is 0 Å². The van der Waals surface area contributed by atoms with Crippen molar-refractivity contribution in [1.29, 1.82) is 0 Å². The summed E-state index contributed by atoms with van der Waals surface area (Å²) in [5, 5.41) is 3.31. The molecule has 0 unspecified atom stereocenters. The maximum absolute atomic E-state index is 14.4. The molecule has 200 valence electrons. The predicted molar refractivity (Wildman–Crippen MR) is 141 cm³/mol. The first-order valence-corrected chi connectivity index (χ1v) is 12.7. The van der Waals surface area contributed by atoms with E-state index < -0.39 is 35.5 Å². The highest BCUT2D eigenvalue weighted by atomic mass is 16.5. The molecule has 1 aliphatic carbocycles. The van der Waals surface area contributed by atoms with E-state index in [1.54, 1.807) is 41.1 Å². The lowest BCUT2D eigenvalue weighted by Crippen LogP contribution is -2.43. The number of hydrogen-bond acceptors (Lipinski definition) is 8. The number of hydrogen-bond donors (Lipinski definition) is 1. The fraction of sp³-hybridized carbons (Fsp3) is 0.367. The SMILES string of the molecule is CCOC(=O)C1=C(C)NC2=C(C(=O)[C@H](C(=O)OCC)[C@@H](c3cccc(OC)c3)C2)[C@H]1c1ccccc1OC. The Kier molecular flexibility index (Phi) is 8.20. The van der Waals surface area contributed by atoms with Crippen molar-refractivity contribution >= 4 is 17.7 Å². The zero-order chi connectivity index (χ0) is 27.4. The molecule has 1 N–H and O–H groups in total. The number of Topliss-reactive ketones (excluding diaryl/α,β-unsaturated/α-hetero) is 1. The van der Waals surface area contributed by atoms with Gasteiger partial charge in [0.15, 0.2) is 5.78 Å². The van der Waals surface area contributed by atoms with E-state index in [0.29, 0.717) is 46.0 Å². The number of dihydropyridines is 1. The number of ether oxygens (including phenoxy) is 4. The molecule has 8 nitrogen and oxygen atoms in total. The number of methoxy groups -OCH3 is 2. The third-order valence-corrected chi connectivity index (χ3v) is 7.03. The van der Waals surface area contributed by atoms with Gasteiger partial charge in [-0.05, 0) is 51.0 Å². The lowest BCUT2D eigenvalue weighted by atomic mass is 9.67. The van der Waals surface area contributed by atoms with Crippen LogP contribution in [-0.4, -0.2) is 45.2 Å². The molecule has 4 rings (SSSR count). The summed E-state index contributed by atoms with van der Waals surface area (Å²) in [6.07, 6.45) is 0.358. The molecule has 0 fully saturated rings. The Morgan fingerprint density at radius 2 is 1.71 bits per heavy atom. The van der Waals surface area contributed by atoms with Crippen molar-refractivity contribution in [3.05, 3.63) is 82.2 Å². The number of esters is 2. The van der Waals surface area contributed by atoms with Crippen LogP contribution < -0.4 is 14.8 Å². The topological polar surface area (TPSA) is 100 Å². The van der Waals surface area contributed by atoms with E-state index in [1.807, 2.05) is 42.5 Å². The highest BCUT2D eigenvalue weighted by Gasteiger charge is 2.49. The van der Waals surface area contributed by atoms with Gasteiger partial charge in [-0.1, -0.05) is 30.3 Å². The average molecular weight is 520 g/mol. The molecule has 0 aromatic heterocycles. The predicted octanol–water partition coefficient (Wildman–Crippen LogP) is 4.42. The van der Waals surface area contributed by atoms with Gasteiger partial charge in [-0.2, -0.15) is 0 Å². The van der Waals surface area contributed by atoms with Crippen molar-refractivity contribution < 1.29 is 33.3 Å². The van der Waals surface area contributed by atoms with Crippen LogP contribution in [-0.2, 0) is 23.9 Å². The van der Waals surface area contributed by atoms with Gasteiger partial charge in [-0.25, -0.2) is 4.79 Å². The zero-order valence-corrected chi connectivity index (χ0v) is 22.3. The van der Waals surface area contributed by atoms with E-state index in [1.165, 1.54) is 0 Å². The van der Waals surface area contributed by atoms with E-state index in [4.69, 9.17) is 18.9 Å². The van der Waals surface area contributed by atoms with Crippen LogP contribution >= 0.6 is 0 Å². The lowest BCUT2D eigenvalue weighted by Gasteiger charge is -2.39. The average Bonchev–Trinajstić information content (AvgIpc) is 2.92. The molecular formula is C30H33NO7. The minimum atomic E-state index is -1.10. The summed E-state index contributed by atoms with van der Waals surface area (Å²) in [6.45, 7) is 5.55. The summed E-state index contributed by atoms with van der Waals surface area (Å²) in [5.74, 6) is -2.74. The van der Waals surface area contributed by atoms with Gasteiger partial charge in [-0.3, -0.25) is 9.59 Å². The molecule has 0 spiro atoms. The first-order chi connectivity index (χ1) is 18.4. The molecule has 2 aliphatic rings. The van der Waals surface area contributed by atoms with Crippen molar-refractivity contribution in [2.45, 2.75) is 39.0 Å². The molecule has 2 aromatic rings. The number of carbonyl (C=O) groups excluding carboxylic acids is 3. The third-order valence-electron chi connectivity index (χ3n) is 7.03. The van der Waals surface area contributed by atoms with Gasteiger partial charge in [0.1, 0.15) is 17.4 Å². The van der Waals surface area contributed by atoms with Crippen molar-refractivity contribution in [1.82, 2.24) is 5.32 Å².